The Morgan fingerprint density at radius 3 is 2.46 bits per heavy atom. The molecule has 0 aliphatic rings. The van der Waals surface area contributed by atoms with E-state index in [4.69, 9.17) is 8.19 Å². The monoisotopic (exact) mass is 440 g/mol. The van der Waals surface area contributed by atoms with E-state index in [9.17, 15) is 12.2 Å². The van der Waals surface area contributed by atoms with Gasteiger partial charge in [-0.15, -0.1) is 0 Å². The molecule has 0 saturated heterocycles. The molecule has 0 unspecified atom stereocenters. The first-order chi connectivity index (χ1) is 12.2. The van der Waals surface area contributed by atoms with Crippen LogP contribution in [0.4, 0.5) is 11.6 Å². The van der Waals surface area contributed by atoms with E-state index in [1.54, 1.807) is 0 Å². The predicted octanol–water partition coefficient (Wildman–Crippen LogP) is 0.123. The molecule has 26 heavy (non-hydrogen) atoms. The second-order valence-corrected chi connectivity index (χ2v) is 10.7. The molecular formula is C13H13AsN6O5S. The van der Waals surface area contributed by atoms with Crippen LogP contribution >= 0.6 is 0 Å². The molecule has 3 N–H and O–H groups in total. The van der Waals surface area contributed by atoms with Crippen molar-refractivity contribution < 1.29 is 20.3 Å². The van der Waals surface area contributed by atoms with Gasteiger partial charge in [0.1, 0.15) is 0 Å². The fourth-order valence-corrected chi connectivity index (χ4v) is 4.10. The number of aromatic nitrogens is 4. The number of imidazole rings is 1. The summed E-state index contributed by atoms with van der Waals surface area (Å²) >= 11 is -4.94. The van der Waals surface area contributed by atoms with Gasteiger partial charge in [0.2, 0.25) is 0 Å². The second-order valence-electron chi connectivity index (χ2n) is 5.10. The predicted molar refractivity (Wildman–Crippen MR) is 90.5 cm³/mol. The van der Waals surface area contributed by atoms with E-state index in [0.717, 1.165) is 6.33 Å². The summed E-state index contributed by atoms with van der Waals surface area (Å²) in [5.41, 5.74) is 0.619. The molecule has 0 saturated carbocycles. The maximum absolute atomic E-state index is 12.1. The Kier molecular flexibility index (Phi) is 4.76. The number of hydrogen-bond donors (Lipinski definition) is 3. The zero-order valence-electron chi connectivity index (χ0n) is 13.3. The Morgan fingerprint density at radius 1 is 1.15 bits per heavy atom. The van der Waals surface area contributed by atoms with Gasteiger partial charge in [0.05, 0.1) is 0 Å². The summed E-state index contributed by atoms with van der Waals surface area (Å²) in [6.07, 6.45) is 1.11. The SMILES string of the molecule is CCS(=O)(=O)c1ncnc2nc(N=Nc3ccc([As](=O)(O)O)cc3)[nH]c12. The fourth-order valence-electron chi connectivity index (χ4n) is 2.03. The standard InChI is InChI=1S/C13H13AsN6O5S/c1-2-26(24,25)12-10-11(15-7-16-12)18-13(17-10)20-19-9-5-3-8(4-6-9)14(21,22)23/h3-7H,2H2,1H3,(H2,21,22,23)(H,15,16,17,18). The van der Waals surface area contributed by atoms with Crippen molar-refractivity contribution in [3.63, 3.8) is 0 Å². The van der Waals surface area contributed by atoms with Crippen LogP contribution in [0.5, 0.6) is 0 Å². The Morgan fingerprint density at radius 2 is 1.85 bits per heavy atom. The summed E-state index contributed by atoms with van der Waals surface area (Å²) in [7, 11) is -3.56. The molecule has 0 spiro atoms. The van der Waals surface area contributed by atoms with E-state index in [-0.39, 0.29) is 32.2 Å². The Hall–Kier alpha value is -2.40. The molecule has 0 radical (unpaired) electrons. The molecule has 2 heterocycles. The first-order valence-electron chi connectivity index (χ1n) is 7.22. The van der Waals surface area contributed by atoms with Crippen LogP contribution in [0.1, 0.15) is 6.92 Å². The Labute approximate surface area is 150 Å². The first kappa shape index (κ1) is 18.4. The van der Waals surface area contributed by atoms with Crippen LogP contribution in [0.3, 0.4) is 0 Å². The van der Waals surface area contributed by atoms with Crippen LogP contribution in [0, 0.1) is 0 Å². The van der Waals surface area contributed by atoms with Gasteiger partial charge < -0.3 is 0 Å². The van der Waals surface area contributed by atoms with Gasteiger partial charge in [-0.05, 0) is 0 Å². The number of fused-ring (bicyclic) bond motifs is 1. The zero-order valence-corrected chi connectivity index (χ0v) is 16.0. The normalized spacial score (nSPS) is 12.9. The third-order valence-electron chi connectivity index (χ3n) is 3.36. The second kappa shape index (κ2) is 6.72. The molecule has 3 rings (SSSR count). The van der Waals surface area contributed by atoms with E-state index in [1.165, 1.54) is 31.2 Å². The van der Waals surface area contributed by atoms with Gasteiger partial charge in [-0.1, -0.05) is 6.92 Å². The molecule has 2 aromatic heterocycles. The summed E-state index contributed by atoms with van der Waals surface area (Å²) in [5.74, 6) is -0.0984. The fraction of sp³-hybridized carbons (Fsp3) is 0.154. The van der Waals surface area contributed by atoms with Crippen molar-refractivity contribution in [1.82, 2.24) is 19.9 Å². The van der Waals surface area contributed by atoms with Crippen molar-refractivity contribution in [1.29, 1.82) is 0 Å². The number of azo groups is 1. The van der Waals surface area contributed by atoms with E-state index < -0.39 is 24.0 Å². The van der Waals surface area contributed by atoms with E-state index in [0.29, 0.717) is 5.69 Å². The average molecular weight is 440 g/mol. The van der Waals surface area contributed by atoms with Crippen LogP contribution in [0.15, 0.2) is 45.8 Å². The molecule has 0 fully saturated rings. The number of aromatic amines is 1. The number of hydrogen-bond acceptors (Lipinski definition) is 8. The summed E-state index contributed by atoms with van der Waals surface area (Å²) in [4.78, 5) is 14.5. The third kappa shape index (κ3) is 3.73. The van der Waals surface area contributed by atoms with E-state index in [1.807, 2.05) is 0 Å². The van der Waals surface area contributed by atoms with E-state index >= 15 is 0 Å². The Balaban J connectivity index is 1.93. The quantitative estimate of drug-likeness (QED) is 0.285. The molecule has 0 aliphatic carbocycles. The van der Waals surface area contributed by atoms with Crippen LogP contribution < -0.4 is 4.35 Å². The molecule has 0 amide bonds. The van der Waals surface area contributed by atoms with Gasteiger partial charge in [-0.25, -0.2) is 0 Å². The van der Waals surface area contributed by atoms with Crippen molar-refractivity contribution in [3.8, 4) is 0 Å². The van der Waals surface area contributed by atoms with Crippen LogP contribution in [0.2, 0.25) is 0 Å². The molecular weight excluding hydrogens is 427 g/mol. The summed E-state index contributed by atoms with van der Waals surface area (Å²) in [6.45, 7) is 1.50. The molecule has 3 aromatic rings. The zero-order chi connectivity index (χ0) is 18.9. The van der Waals surface area contributed by atoms with Gasteiger partial charge in [-0.2, -0.15) is 0 Å². The molecule has 11 nitrogen and oxygen atoms in total. The molecule has 13 heteroatoms. The van der Waals surface area contributed by atoms with E-state index in [2.05, 4.69) is 30.2 Å². The molecule has 0 bridgehead atoms. The number of sulfone groups is 1. The van der Waals surface area contributed by atoms with Gasteiger partial charge >= 0.3 is 143 Å². The molecule has 136 valence electrons. The molecule has 1 aromatic carbocycles. The minimum absolute atomic E-state index is 0.0243. The van der Waals surface area contributed by atoms with Gasteiger partial charge in [-0.3, -0.25) is 0 Å². The number of nitrogens with zero attached hydrogens (tertiary/aromatic N) is 5. The maximum atomic E-state index is 12.1. The summed E-state index contributed by atoms with van der Waals surface area (Å²) < 4.78 is 53.5. The number of rotatable bonds is 5. The average Bonchev–Trinajstić information content (AvgIpc) is 3.02. The van der Waals surface area contributed by atoms with Gasteiger partial charge in [0, 0.05) is 0 Å². The topological polar surface area (TPSA) is 171 Å². The minimum atomic E-state index is -4.94. The Bertz CT molecular complexity index is 1140. The third-order valence-corrected chi connectivity index (χ3v) is 7.06. The molecule has 0 aliphatic heterocycles. The van der Waals surface area contributed by atoms with Gasteiger partial charge in [0.15, 0.2) is 0 Å². The summed E-state index contributed by atoms with van der Waals surface area (Å²) in [6, 6.07) is 5.33. The van der Waals surface area contributed by atoms with Crippen molar-refractivity contribution in [2.45, 2.75) is 11.9 Å². The van der Waals surface area contributed by atoms with Crippen molar-refractivity contribution in [2.75, 3.05) is 5.75 Å². The van der Waals surface area contributed by atoms with Crippen LogP contribution in [-0.2, 0) is 13.6 Å². The first-order valence-corrected chi connectivity index (χ1v) is 12.3. The van der Waals surface area contributed by atoms with Gasteiger partial charge in [0.25, 0.3) is 0 Å². The number of nitrogens with one attached hydrogen (secondary N) is 1. The number of H-pyrrole nitrogens is 1. The molecule has 0 atom stereocenters. The van der Waals surface area contributed by atoms with Crippen LogP contribution in [0.25, 0.3) is 11.2 Å². The van der Waals surface area contributed by atoms with Crippen molar-refractivity contribution in [3.05, 3.63) is 30.6 Å². The number of benzene rings is 1. The van der Waals surface area contributed by atoms with Crippen LogP contribution in [-0.4, -0.2) is 56.5 Å². The summed E-state index contributed by atoms with van der Waals surface area (Å²) in [5, 5.41) is 7.60. The van der Waals surface area contributed by atoms with Crippen molar-refractivity contribution >= 4 is 51.2 Å². The van der Waals surface area contributed by atoms with Crippen molar-refractivity contribution in [2.24, 2.45) is 10.2 Å².